The molecule has 3 aromatic rings. The monoisotopic (exact) mass is 375 g/mol. The van der Waals surface area contributed by atoms with E-state index >= 15 is 0 Å². The van der Waals surface area contributed by atoms with Gasteiger partial charge in [-0.2, -0.15) is 11.3 Å². The first-order valence-corrected chi connectivity index (χ1v) is 8.89. The third-order valence-corrected chi connectivity index (χ3v) is 4.67. The largest absolute Gasteiger partial charge is 0.497 e. The zero-order valence-corrected chi connectivity index (χ0v) is 14.7. The highest BCUT2D eigenvalue weighted by Gasteiger charge is 2.15. The maximum absolute atomic E-state index is 12.2. The number of benzene rings is 1. The van der Waals surface area contributed by atoms with Crippen LogP contribution in [0.1, 0.15) is 25.2 Å². The molecule has 25 heavy (non-hydrogen) atoms. The Kier molecular flexibility index (Phi) is 5.36. The molecule has 0 unspecified atom stereocenters. The van der Waals surface area contributed by atoms with Gasteiger partial charge in [-0.25, -0.2) is 4.79 Å². The molecule has 1 N–H and O–H groups in total. The first-order valence-electron chi connectivity index (χ1n) is 7.13. The van der Waals surface area contributed by atoms with Crippen LogP contribution in [0.2, 0.25) is 0 Å². The summed E-state index contributed by atoms with van der Waals surface area (Å²) in [7, 11) is 1.57. The summed E-state index contributed by atoms with van der Waals surface area (Å²) in [6.45, 7) is -0.0256. The SMILES string of the molecule is COc1ccc(NC(=O)c2nnc(COC(=O)c3ccsc3)s2)cc1. The number of aromatic nitrogens is 2. The molecule has 1 amide bonds. The first-order chi connectivity index (χ1) is 12.2. The molecular weight excluding hydrogens is 362 g/mol. The number of hydrogen-bond acceptors (Lipinski definition) is 8. The number of anilines is 1. The van der Waals surface area contributed by atoms with E-state index in [1.165, 1.54) is 11.3 Å². The van der Waals surface area contributed by atoms with Gasteiger partial charge in [0.15, 0.2) is 5.01 Å². The Morgan fingerprint density at radius 1 is 1.16 bits per heavy atom. The molecule has 0 atom stereocenters. The Morgan fingerprint density at radius 2 is 1.96 bits per heavy atom. The van der Waals surface area contributed by atoms with Crippen molar-refractivity contribution in [1.82, 2.24) is 10.2 Å². The van der Waals surface area contributed by atoms with Gasteiger partial charge in [0.2, 0.25) is 5.01 Å². The molecule has 0 aliphatic heterocycles. The predicted octanol–water partition coefficient (Wildman–Crippen LogP) is 3.22. The van der Waals surface area contributed by atoms with Crippen molar-refractivity contribution < 1.29 is 19.1 Å². The van der Waals surface area contributed by atoms with Crippen LogP contribution in [0.25, 0.3) is 0 Å². The van der Waals surface area contributed by atoms with Crippen LogP contribution in [0.3, 0.4) is 0 Å². The fourth-order valence-corrected chi connectivity index (χ4v) is 3.13. The van der Waals surface area contributed by atoms with Crippen molar-refractivity contribution in [3.05, 3.63) is 56.7 Å². The average molecular weight is 375 g/mol. The Hall–Kier alpha value is -2.78. The Balaban J connectivity index is 1.56. The van der Waals surface area contributed by atoms with Gasteiger partial charge < -0.3 is 14.8 Å². The number of methoxy groups -OCH3 is 1. The number of rotatable bonds is 6. The second-order valence-electron chi connectivity index (χ2n) is 4.77. The fourth-order valence-electron chi connectivity index (χ4n) is 1.85. The molecule has 1 aromatic carbocycles. The van der Waals surface area contributed by atoms with E-state index in [4.69, 9.17) is 9.47 Å². The molecule has 7 nitrogen and oxygen atoms in total. The van der Waals surface area contributed by atoms with Crippen LogP contribution in [0.15, 0.2) is 41.1 Å². The molecule has 2 heterocycles. The lowest BCUT2D eigenvalue weighted by molar-refractivity contribution is 0.0472. The molecule has 0 radical (unpaired) electrons. The lowest BCUT2D eigenvalue weighted by atomic mass is 10.3. The van der Waals surface area contributed by atoms with Gasteiger partial charge in [0.25, 0.3) is 5.91 Å². The van der Waals surface area contributed by atoms with Gasteiger partial charge in [-0.3, -0.25) is 4.79 Å². The van der Waals surface area contributed by atoms with Gasteiger partial charge in [0.1, 0.15) is 12.4 Å². The molecule has 0 aliphatic carbocycles. The van der Waals surface area contributed by atoms with Crippen LogP contribution in [0.4, 0.5) is 5.69 Å². The molecule has 0 spiro atoms. The van der Waals surface area contributed by atoms with Crippen LogP contribution < -0.4 is 10.1 Å². The van der Waals surface area contributed by atoms with E-state index in [1.807, 2.05) is 0 Å². The van der Waals surface area contributed by atoms with Crippen molar-refractivity contribution in [1.29, 1.82) is 0 Å². The van der Waals surface area contributed by atoms with Gasteiger partial charge in [0.05, 0.1) is 12.7 Å². The topological polar surface area (TPSA) is 90.4 Å². The molecule has 2 aromatic heterocycles. The molecular formula is C16H13N3O4S2. The maximum Gasteiger partial charge on any atom is 0.339 e. The zero-order valence-electron chi connectivity index (χ0n) is 13.1. The van der Waals surface area contributed by atoms with Gasteiger partial charge in [-0.05, 0) is 35.7 Å². The minimum atomic E-state index is -0.430. The number of nitrogens with zero attached hydrogens (tertiary/aromatic N) is 2. The Labute approximate surface area is 151 Å². The molecule has 0 saturated carbocycles. The number of ether oxygens (including phenoxy) is 2. The lowest BCUT2D eigenvalue weighted by Crippen LogP contribution is -2.11. The van der Waals surface area contributed by atoms with Gasteiger partial charge in [-0.1, -0.05) is 11.3 Å². The Bertz CT molecular complexity index is 860. The minimum absolute atomic E-state index is 0.0256. The van der Waals surface area contributed by atoms with Crippen LogP contribution >= 0.6 is 22.7 Å². The first kappa shape index (κ1) is 17.1. The third-order valence-electron chi connectivity index (χ3n) is 3.09. The summed E-state index contributed by atoms with van der Waals surface area (Å²) in [4.78, 5) is 23.9. The quantitative estimate of drug-likeness (QED) is 0.665. The van der Waals surface area contributed by atoms with Crippen molar-refractivity contribution in [2.24, 2.45) is 0 Å². The second kappa shape index (κ2) is 7.86. The number of carbonyl (C=O) groups is 2. The van der Waals surface area contributed by atoms with E-state index in [9.17, 15) is 9.59 Å². The summed E-state index contributed by atoms with van der Waals surface area (Å²) in [5, 5.41) is 14.6. The minimum Gasteiger partial charge on any atom is -0.497 e. The van der Waals surface area contributed by atoms with Crippen molar-refractivity contribution >= 4 is 40.2 Å². The van der Waals surface area contributed by atoms with E-state index in [-0.39, 0.29) is 17.5 Å². The normalized spacial score (nSPS) is 10.3. The highest BCUT2D eigenvalue weighted by atomic mass is 32.1. The van der Waals surface area contributed by atoms with Crippen LogP contribution in [-0.2, 0) is 11.3 Å². The summed E-state index contributed by atoms with van der Waals surface area (Å²) in [6, 6.07) is 8.61. The van der Waals surface area contributed by atoms with Crippen LogP contribution in [0.5, 0.6) is 5.75 Å². The van der Waals surface area contributed by atoms with E-state index in [0.29, 0.717) is 22.0 Å². The standard InChI is InChI=1S/C16H13N3O4S2/c1-22-12-4-2-11(3-5-12)17-14(20)15-19-18-13(25-15)8-23-16(21)10-6-7-24-9-10/h2-7,9H,8H2,1H3,(H,17,20). The van der Waals surface area contributed by atoms with E-state index < -0.39 is 5.97 Å². The number of hydrogen-bond donors (Lipinski definition) is 1. The van der Waals surface area contributed by atoms with Crippen LogP contribution in [0, 0.1) is 0 Å². The van der Waals surface area contributed by atoms with E-state index in [2.05, 4.69) is 15.5 Å². The zero-order chi connectivity index (χ0) is 17.6. The molecule has 0 fully saturated rings. The van der Waals surface area contributed by atoms with Crippen molar-refractivity contribution in [2.45, 2.75) is 6.61 Å². The third kappa shape index (κ3) is 4.40. The summed E-state index contributed by atoms with van der Waals surface area (Å²) in [5.41, 5.74) is 1.11. The molecule has 128 valence electrons. The maximum atomic E-state index is 12.2. The fraction of sp³-hybridized carbons (Fsp3) is 0.125. The number of esters is 1. The smallest absolute Gasteiger partial charge is 0.339 e. The van der Waals surface area contributed by atoms with Crippen molar-refractivity contribution in [2.75, 3.05) is 12.4 Å². The van der Waals surface area contributed by atoms with Crippen molar-refractivity contribution in [3.8, 4) is 5.75 Å². The summed E-state index contributed by atoms with van der Waals surface area (Å²) in [6.07, 6.45) is 0. The number of amides is 1. The van der Waals surface area contributed by atoms with Gasteiger partial charge in [0, 0.05) is 11.1 Å². The molecule has 0 aliphatic rings. The number of thiophene rings is 1. The molecule has 9 heteroatoms. The summed E-state index contributed by atoms with van der Waals surface area (Å²) in [5.74, 6) is -0.109. The molecule has 0 saturated heterocycles. The van der Waals surface area contributed by atoms with Crippen molar-refractivity contribution in [3.63, 3.8) is 0 Å². The summed E-state index contributed by atoms with van der Waals surface area (Å²) >= 11 is 2.49. The highest BCUT2D eigenvalue weighted by Crippen LogP contribution is 2.18. The Morgan fingerprint density at radius 3 is 2.64 bits per heavy atom. The lowest BCUT2D eigenvalue weighted by Gasteiger charge is -2.04. The van der Waals surface area contributed by atoms with E-state index in [0.717, 1.165) is 11.3 Å². The van der Waals surface area contributed by atoms with Gasteiger partial charge in [-0.15, -0.1) is 10.2 Å². The molecule has 0 bridgehead atoms. The number of carbonyl (C=O) groups excluding carboxylic acids is 2. The second-order valence-corrected chi connectivity index (χ2v) is 6.61. The van der Waals surface area contributed by atoms with E-state index in [1.54, 1.807) is 48.2 Å². The summed E-state index contributed by atoms with van der Waals surface area (Å²) < 4.78 is 10.2. The van der Waals surface area contributed by atoms with Crippen LogP contribution in [-0.4, -0.2) is 29.2 Å². The number of nitrogens with one attached hydrogen (secondary N) is 1. The average Bonchev–Trinajstić information content (AvgIpc) is 3.32. The highest BCUT2D eigenvalue weighted by molar-refractivity contribution is 7.13. The molecule has 3 rings (SSSR count). The van der Waals surface area contributed by atoms with Gasteiger partial charge >= 0.3 is 5.97 Å². The predicted molar refractivity (Wildman–Crippen MR) is 94.3 cm³/mol.